The fourth-order valence-corrected chi connectivity index (χ4v) is 4.19. The van der Waals surface area contributed by atoms with Crippen LogP contribution >= 0.6 is 0 Å². The molecule has 0 aromatic heterocycles. The van der Waals surface area contributed by atoms with Crippen LogP contribution in [0.15, 0.2) is 0 Å². The van der Waals surface area contributed by atoms with Gasteiger partial charge in [0, 0.05) is 17.9 Å². The summed E-state index contributed by atoms with van der Waals surface area (Å²) in [6.45, 7) is 4.60. The third-order valence-corrected chi connectivity index (χ3v) is 6.06. The monoisotopic (exact) mass is 361 g/mol. The maximum Gasteiger partial charge on any atom is 0.0203 e. The molecule has 1 rings (SSSR count). The highest BCUT2D eigenvalue weighted by Crippen LogP contribution is 2.22. The van der Waals surface area contributed by atoms with Crippen molar-refractivity contribution in [1.82, 2.24) is 0 Å². The maximum atomic E-state index is 6.28. The first-order chi connectivity index (χ1) is 12.8. The van der Waals surface area contributed by atoms with Crippen molar-refractivity contribution in [3.8, 4) is 11.8 Å². The van der Waals surface area contributed by atoms with Crippen LogP contribution in [0.1, 0.15) is 129 Å². The standard InChI is InChI=1S/C25H47N/c1-3-5-10-15-23(16-11-6-4-2)21-22-24-17-12-8-7-9-13-19-25(26)20-14-18-24/h23-25H,3-20,26H2,1-2H3. The van der Waals surface area contributed by atoms with Crippen LogP contribution in [0.25, 0.3) is 0 Å². The van der Waals surface area contributed by atoms with E-state index in [0.29, 0.717) is 17.9 Å². The van der Waals surface area contributed by atoms with Crippen LogP contribution in [-0.4, -0.2) is 6.04 Å². The Morgan fingerprint density at radius 2 is 1.27 bits per heavy atom. The van der Waals surface area contributed by atoms with Crippen molar-refractivity contribution in [3.63, 3.8) is 0 Å². The predicted molar refractivity (Wildman–Crippen MR) is 117 cm³/mol. The first-order valence-corrected chi connectivity index (χ1v) is 12.0. The molecule has 1 heteroatoms. The Morgan fingerprint density at radius 1 is 0.731 bits per heavy atom. The van der Waals surface area contributed by atoms with Gasteiger partial charge in [-0.3, -0.25) is 0 Å². The molecular weight excluding hydrogens is 314 g/mol. The highest BCUT2D eigenvalue weighted by atomic mass is 14.6. The van der Waals surface area contributed by atoms with Crippen LogP contribution in [0, 0.1) is 23.7 Å². The lowest BCUT2D eigenvalue weighted by Gasteiger charge is -2.16. The second kappa shape index (κ2) is 16.7. The van der Waals surface area contributed by atoms with Crippen LogP contribution in [0.3, 0.4) is 0 Å². The predicted octanol–water partition coefficient (Wildman–Crippen LogP) is 7.62. The lowest BCUT2D eigenvalue weighted by molar-refractivity contribution is 0.431. The summed E-state index contributed by atoms with van der Waals surface area (Å²) in [7, 11) is 0. The lowest BCUT2D eigenvalue weighted by atomic mass is 9.90. The molecule has 152 valence electrons. The van der Waals surface area contributed by atoms with Gasteiger partial charge in [-0.1, -0.05) is 103 Å². The van der Waals surface area contributed by atoms with Crippen LogP contribution in [0.5, 0.6) is 0 Å². The fraction of sp³-hybridized carbons (Fsp3) is 0.920. The van der Waals surface area contributed by atoms with E-state index in [-0.39, 0.29) is 0 Å². The zero-order valence-corrected chi connectivity index (χ0v) is 18.0. The molecule has 0 aromatic carbocycles. The highest BCUT2D eigenvalue weighted by molar-refractivity contribution is 5.07. The molecule has 1 saturated carbocycles. The summed E-state index contributed by atoms with van der Waals surface area (Å²) in [6, 6.07) is 0.430. The summed E-state index contributed by atoms with van der Waals surface area (Å²) in [4.78, 5) is 0. The van der Waals surface area contributed by atoms with Gasteiger partial charge >= 0.3 is 0 Å². The zero-order chi connectivity index (χ0) is 18.9. The first-order valence-electron chi connectivity index (χ1n) is 12.0. The molecule has 26 heavy (non-hydrogen) atoms. The summed E-state index contributed by atoms with van der Waals surface area (Å²) < 4.78 is 0. The Bertz CT molecular complexity index is 354. The second-order valence-corrected chi connectivity index (χ2v) is 8.71. The Balaban J connectivity index is 2.54. The van der Waals surface area contributed by atoms with Gasteiger partial charge in [0.1, 0.15) is 0 Å². The largest absolute Gasteiger partial charge is 0.328 e. The van der Waals surface area contributed by atoms with E-state index in [1.807, 2.05) is 0 Å². The van der Waals surface area contributed by atoms with Crippen LogP contribution in [0.2, 0.25) is 0 Å². The van der Waals surface area contributed by atoms with Crippen molar-refractivity contribution in [3.05, 3.63) is 0 Å². The van der Waals surface area contributed by atoms with Crippen LogP contribution < -0.4 is 5.73 Å². The van der Waals surface area contributed by atoms with Gasteiger partial charge in [0.25, 0.3) is 0 Å². The van der Waals surface area contributed by atoms with Gasteiger partial charge in [0.05, 0.1) is 0 Å². The van der Waals surface area contributed by atoms with E-state index in [0.717, 1.165) is 0 Å². The SMILES string of the molecule is CCCCCC(C#CC1CCCCCCCC(N)CCC1)CCCCC. The molecule has 0 spiro atoms. The average molecular weight is 362 g/mol. The molecule has 0 saturated heterocycles. The summed E-state index contributed by atoms with van der Waals surface area (Å²) in [5.74, 6) is 8.78. The van der Waals surface area contributed by atoms with Gasteiger partial charge in [-0.05, 0) is 38.5 Å². The smallest absolute Gasteiger partial charge is 0.0203 e. The quantitative estimate of drug-likeness (QED) is 0.349. The molecule has 1 aliphatic carbocycles. The van der Waals surface area contributed by atoms with E-state index in [2.05, 4.69) is 25.7 Å². The molecular formula is C25H47N. The average Bonchev–Trinajstić information content (AvgIpc) is 2.63. The van der Waals surface area contributed by atoms with E-state index < -0.39 is 0 Å². The number of hydrogen-bond donors (Lipinski definition) is 1. The molecule has 0 aliphatic heterocycles. The minimum atomic E-state index is 0.430. The number of unbranched alkanes of at least 4 members (excludes halogenated alkanes) is 4. The molecule has 2 atom stereocenters. The van der Waals surface area contributed by atoms with E-state index in [4.69, 9.17) is 5.73 Å². The van der Waals surface area contributed by atoms with Crippen LogP contribution in [-0.2, 0) is 0 Å². The van der Waals surface area contributed by atoms with Crippen molar-refractivity contribution in [2.45, 2.75) is 135 Å². The van der Waals surface area contributed by atoms with Crippen LogP contribution in [0.4, 0.5) is 0 Å². The number of hydrogen-bond acceptors (Lipinski definition) is 1. The van der Waals surface area contributed by atoms with Crippen molar-refractivity contribution in [1.29, 1.82) is 0 Å². The topological polar surface area (TPSA) is 26.0 Å². The van der Waals surface area contributed by atoms with Gasteiger partial charge in [-0.25, -0.2) is 0 Å². The summed E-state index contributed by atoms with van der Waals surface area (Å²) in [5.41, 5.74) is 6.28. The normalized spacial score (nSPS) is 22.9. The van der Waals surface area contributed by atoms with Crippen molar-refractivity contribution in [2.24, 2.45) is 17.6 Å². The summed E-state index contributed by atoms with van der Waals surface area (Å²) >= 11 is 0. The van der Waals surface area contributed by atoms with Crippen molar-refractivity contribution >= 4 is 0 Å². The molecule has 2 unspecified atom stereocenters. The number of nitrogens with two attached hydrogens (primary N) is 1. The van der Waals surface area contributed by atoms with E-state index in [9.17, 15) is 0 Å². The van der Waals surface area contributed by atoms with E-state index >= 15 is 0 Å². The molecule has 1 aliphatic rings. The lowest BCUT2D eigenvalue weighted by Crippen LogP contribution is -2.20. The summed E-state index contributed by atoms with van der Waals surface area (Å²) in [6.07, 6.45) is 23.9. The van der Waals surface area contributed by atoms with Gasteiger partial charge < -0.3 is 5.73 Å². The third-order valence-electron chi connectivity index (χ3n) is 6.06. The van der Waals surface area contributed by atoms with Gasteiger partial charge in [-0.2, -0.15) is 0 Å². The van der Waals surface area contributed by atoms with Gasteiger partial charge in [0.2, 0.25) is 0 Å². The highest BCUT2D eigenvalue weighted by Gasteiger charge is 2.11. The molecule has 1 nitrogen and oxygen atoms in total. The molecule has 0 bridgehead atoms. The third kappa shape index (κ3) is 12.8. The Kier molecular flexibility index (Phi) is 15.1. The maximum absolute atomic E-state index is 6.28. The number of rotatable bonds is 8. The van der Waals surface area contributed by atoms with Crippen molar-refractivity contribution in [2.75, 3.05) is 0 Å². The molecule has 0 amide bonds. The van der Waals surface area contributed by atoms with Gasteiger partial charge in [-0.15, -0.1) is 0 Å². The first kappa shape index (κ1) is 23.6. The fourth-order valence-electron chi connectivity index (χ4n) is 4.19. The zero-order valence-electron chi connectivity index (χ0n) is 18.0. The molecule has 2 N–H and O–H groups in total. The Hall–Kier alpha value is -0.480. The molecule has 0 radical (unpaired) electrons. The minimum absolute atomic E-state index is 0.430. The Labute approximate surface area is 165 Å². The molecule has 1 fully saturated rings. The second-order valence-electron chi connectivity index (χ2n) is 8.71. The molecule has 0 aromatic rings. The van der Waals surface area contributed by atoms with Crippen molar-refractivity contribution < 1.29 is 0 Å². The summed E-state index contributed by atoms with van der Waals surface area (Å²) in [5, 5.41) is 0. The van der Waals surface area contributed by atoms with E-state index in [1.165, 1.54) is 116 Å². The Morgan fingerprint density at radius 3 is 1.92 bits per heavy atom. The van der Waals surface area contributed by atoms with Gasteiger partial charge in [0.15, 0.2) is 0 Å². The molecule has 0 heterocycles. The van der Waals surface area contributed by atoms with E-state index in [1.54, 1.807) is 0 Å². The minimum Gasteiger partial charge on any atom is -0.328 e.